The van der Waals surface area contributed by atoms with Gasteiger partial charge in [-0.25, -0.2) is 8.78 Å². The van der Waals surface area contributed by atoms with Crippen LogP contribution in [0.4, 0.5) is 14.6 Å². The Morgan fingerprint density at radius 3 is 2.61 bits per heavy atom. The second kappa shape index (κ2) is 5.14. The van der Waals surface area contributed by atoms with Crippen LogP contribution in [-0.4, -0.2) is 21.1 Å². The van der Waals surface area contributed by atoms with E-state index in [1.807, 2.05) is 0 Å². The number of hydrogen-bond acceptors (Lipinski definition) is 3. The Kier molecular flexibility index (Phi) is 3.57. The lowest BCUT2D eigenvalue weighted by molar-refractivity contribution is 0.224. The van der Waals surface area contributed by atoms with Crippen LogP contribution in [0.1, 0.15) is 12.5 Å². The summed E-state index contributed by atoms with van der Waals surface area (Å²) in [5.74, 6) is -0.757. The lowest BCUT2D eigenvalue weighted by Crippen LogP contribution is -2.14. The average molecular weight is 253 g/mol. The summed E-state index contributed by atoms with van der Waals surface area (Å²) in [5, 5.41) is 15.8. The highest BCUT2D eigenvalue weighted by molar-refractivity contribution is 5.32. The predicted octanol–water partition coefficient (Wildman–Crippen LogP) is 1.96. The second-order valence-electron chi connectivity index (χ2n) is 3.92. The first-order chi connectivity index (χ1) is 8.56. The molecule has 18 heavy (non-hydrogen) atoms. The summed E-state index contributed by atoms with van der Waals surface area (Å²) in [7, 11) is 0. The molecule has 4 nitrogen and oxygen atoms in total. The first-order valence-corrected chi connectivity index (χ1v) is 5.47. The van der Waals surface area contributed by atoms with E-state index < -0.39 is 17.9 Å². The zero-order chi connectivity index (χ0) is 13.1. The third-order valence-electron chi connectivity index (χ3n) is 2.38. The molecule has 0 aliphatic rings. The number of halogens is 2. The van der Waals surface area contributed by atoms with Gasteiger partial charge in [0.1, 0.15) is 23.7 Å². The molecule has 1 heterocycles. The molecule has 1 unspecified atom stereocenters. The smallest absolute Gasteiger partial charge is 0.149 e. The van der Waals surface area contributed by atoms with Gasteiger partial charge in [0.25, 0.3) is 0 Å². The molecule has 96 valence electrons. The van der Waals surface area contributed by atoms with E-state index in [1.54, 1.807) is 19.2 Å². The van der Waals surface area contributed by atoms with E-state index in [0.29, 0.717) is 5.82 Å². The van der Waals surface area contributed by atoms with Crippen molar-refractivity contribution in [2.24, 2.45) is 0 Å². The Balaban J connectivity index is 2.16. The van der Waals surface area contributed by atoms with Crippen molar-refractivity contribution in [1.82, 2.24) is 9.78 Å². The minimum atomic E-state index is -0.737. The number of benzene rings is 1. The Bertz CT molecular complexity index is 520. The molecule has 1 aromatic carbocycles. The predicted molar refractivity (Wildman–Crippen MR) is 63.0 cm³/mol. The van der Waals surface area contributed by atoms with Gasteiger partial charge >= 0.3 is 0 Å². The van der Waals surface area contributed by atoms with Crippen molar-refractivity contribution < 1.29 is 13.9 Å². The standard InChI is InChI=1S/C12H13F2N3O/c1-8(18)15-12-5-6-17(16-12)7-9-10(13)3-2-4-11(9)14/h2-6,8,18H,7H2,1H3,(H,15,16). The summed E-state index contributed by atoms with van der Waals surface area (Å²) in [6.45, 7) is 1.55. The van der Waals surface area contributed by atoms with Crippen molar-refractivity contribution in [2.75, 3.05) is 5.32 Å². The summed E-state index contributed by atoms with van der Waals surface area (Å²) in [6, 6.07) is 5.34. The Hall–Kier alpha value is -1.95. The zero-order valence-electron chi connectivity index (χ0n) is 9.77. The van der Waals surface area contributed by atoms with Gasteiger partial charge in [-0.3, -0.25) is 4.68 Å². The molecule has 0 aliphatic carbocycles. The molecule has 0 saturated carbocycles. The SMILES string of the molecule is CC(O)Nc1ccn(Cc2c(F)cccc2F)n1. The topological polar surface area (TPSA) is 50.1 Å². The minimum Gasteiger partial charge on any atom is -0.374 e. The maximum atomic E-state index is 13.4. The largest absolute Gasteiger partial charge is 0.374 e. The van der Waals surface area contributed by atoms with Gasteiger partial charge in [0.05, 0.1) is 6.54 Å². The van der Waals surface area contributed by atoms with Crippen molar-refractivity contribution in [3.8, 4) is 0 Å². The summed E-state index contributed by atoms with van der Waals surface area (Å²) in [4.78, 5) is 0. The van der Waals surface area contributed by atoms with Crippen LogP contribution in [-0.2, 0) is 6.54 Å². The number of nitrogens with one attached hydrogen (secondary N) is 1. The molecule has 0 spiro atoms. The lowest BCUT2D eigenvalue weighted by Gasteiger charge is -2.06. The van der Waals surface area contributed by atoms with Gasteiger partial charge in [0.2, 0.25) is 0 Å². The highest BCUT2D eigenvalue weighted by Crippen LogP contribution is 2.14. The molecular weight excluding hydrogens is 240 g/mol. The molecule has 2 rings (SSSR count). The Morgan fingerprint density at radius 2 is 2.00 bits per heavy atom. The molecule has 0 aliphatic heterocycles. The molecule has 0 bridgehead atoms. The molecule has 2 N–H and O–H groups in total. The second-order valence-corrected chi connectivity index (χ2v) is 3.92. The number of aliphatic hydroxyl groups is 1. The Labute approximate surface area is 103 Å². The van der Waals surface area contributed by atoms with E-state index in [9.17, 15) is 8.78 Å². The minimum absolute atomic E-state index is 0.00000378. The van der Waals surface area contributed by atoms with E-state index in [-0.39, 0.29) is 12.1 Å². The number of rotatable bonds is 4. The fourth-order valence-corrected chi connectivity index (χ4v) is 1.59. The average Bonchev–Trinajstić information content (AvgIpc) is 2.70. The van der Waals surface area contributed by atoms with Crippen LogP contribution in [0.2, 0.25) is 0 Å². The molecule has 2 aromatic rings. The van der Waals surface area contributed by atoms with Crippen molar-refractivity contribution in [3.05, 3.63) is 47.7 Å². The van der Waals surface area contributed by atoms with Gasteiger partial charge < -0.3 is 10.4 Å². The van der Waals surface area contributed by atoms with Crippen LogP contribution in [0.5, 0.6) is 0 Å². The van der Waals surface area contributed by atoms with Crippen LogP contribution >= 0.6 is 0 Å². The van der Waals surface area contributed by atoms with Gasteiger partial charge in [-0.1, -0.05) is 6.07 Å². The van der Waals surface area contributed by atoms with E-state index in [2.05, 4.69) is 10.4 Å². The highest BCUT2D eigenvalue weighted by atomic mass is 19.1. The van der Waals surface area contributed by atoms with Crippen LogP contribution in [0.15, 0.2) is 30.5 Å². The van der Waals surface area contributed by atoms with Gasteiger partial charge in [-0.15, -0.1) is 0 Å². The quantitative estimate of drug-likeness (QED) is 0.819. The van der Waals surface area contributed by atoms with Gasteiger partial charge in [-0.05, 0) is 19.1 Å². The molecular formula is C12H13F2N3O. The van der Waals surface area contributed by atoms with Crippen LogP contribution < -0.4 is 5.32 Å². The molecule has 0 fully saturated rings. The fraction of sp³-hybridized carbons (Fsp3) is 0.250. The fourth-order valence-electron chi connectivity index (χ4n) is 1.59. The molecule has 0 amide bonds. The molecule has 1 aromatic heterocycles. The maximum Gasteiger partial charge on any atom is 0.149 e. The van der Waals surface area contributed by atoms with Crippen molar-refractivity contribution in [1.29, 1.82) is 0 Å². The van der Waals surface area contributed by atoms with Crippen LogP contribution in [0.3, 0.4) is 0 Å². The first-order valence-electron chi connectivity index (χ1n) is 5.47. The van der Waals surface area contributed by atoms with E-state index in [0.717, 1.165) is 0 Å². The van der Waals surface area contributed by atoms with E-state index in [4.69, 9.17) is 5.11 Å². The first kappa shape index (κ1) is 12.5. The number of hydrogen-bond donors (Lipinski definition) is 2. The lowest BCUT2D eigenvalue weighted by atomic mass is 10.2. The van der Waals surface area contributed by atoms with Crippen molar-refractivity contribution in [2.45, 2.75) is 19.7 Å². The normalized spacial score (nSPS) is 12.4. The van der Waals surface area contributed by atoms with Crippen LogP contribution in [0, 0.1) is 11.6 Å². The van der Waals surface area contributed by atoms with Crippen molar-refractivity contribution >= 4 is 5.82 Å². The molecule has 0 saturated heterocycles. The van der Waals surface area contributed by atoms with Gasteiger partial charge in [-0.2, -0.15) is 5.10 Å². The van der Waals surface area contributed by atoms with Gasteiger partial charge in [0.15, 0.2) is 0 Å². The number of aliphatic hydroxyl groups excluding tert-OH is 1. The van der Waals surface area contributed by atoms with E-state index in [1.165, 1.54) is 22.9 Å². The monoisotopic (exact) mass is 253 g/mol. The van der Waals surface area contributed by atoms with Crippen LogP contribution in [0.25, 0.3) is 0 Å². The molecule has 1 atom stereocenters. The summed E-state index contributed by atoms with van der Waals surface area (Å²) >= 11 is 0. The van der Waals surface area contributed by atoms with E-state index >= 15 is 0 Å². The zero-order valence-corrected chi connectivity index (χ0v) is 9.77. The number of anilines is 1. The summed E-state index contributed by atoms with van der Waals surface area (Å²) in [5.41, 5.74) is -0.0378. The maximum absolute atomic E-state index is 13.4. The van der Waals surface area contributed by atoms with Gasteiger partial charge in [0, 0.05) is 17.8 Å². The highest BCUT2D eigenvalue weighted by Gasteiger charge is 2.10. The summed E-state index contributed by atoms with van der Waals surface area (Å²) < 4.78 is 28.2. The third-order valence-corrected chi connectivity index (χ3v) is 2.38. The Morgan fingerprint density at radius 1 is 1.33 bits per heavy atom. The third kappa shape index (κ3) is 2.84. The number of nitrogens with zero attached hydrogens (tertiary/aromatic N) is 2. The molecule has 6 heteroatoms. The number of aromatic nitrogens is 2. The summed E-state index contributed by atoms with van der Waals surface area (Å²) in [6.07, 6.45) is 0.842. The molecule has 0 radical (unpaired) electrons. The van der Waals surface area contributed by atoms with Crippen molar-refractivity contribution in [3.63, 3.8) is 0 Å².